The third kappa shape index (κ3) is 6.00. The Morgan fingerprint density at radius 2 is 1.78 bits per heavy atom. The van der Waals surface area contributed by atoms with E-state index in [1.54, 1.807) is 25.1 Å². The Hall–Kier alpha value is -2.53. The first-order valence-electron chi connectivity index (χ1n) is 8.87. The van der Waals surface area contributed by atoms with Crippen LogP contribution in [0.3, 0.4) is 0 Å². The van der Waals surface area contributed by atoms with E-state index in [0.717, 1.165) is 0 Å². The van der Waals surface area contributed by atoms with Gasteiger partial charge in [-0.2, -0.15) is 0 Å². The van der Waals surface area contributed by atoms with Crippen molar-refractivity contribution in [3.05, 3.63) is 70.7 Å². The second-order valence-electron chi connectivity index (χ2n) is 6.42. The summed E-state index contributed by atoms with van der Waals surface area (Å²) in [6, 6.07) is 15.6. The molecular formula is C21H24ClNO4. The molecule has 27 heavy (non-hydrogen) atoms. The van der Waals surface area contributed by atoms with Crippen molar-refractivity contribution in [3.63, 3.8) is 0 Å². The van der Waals surface area contributed by atoms with E-state index in [-0.39, 0.29) is 12.5 Å². The van der Waals surface area contributed by atoms with Crippen molar-refractivity contribution in [2.45, 2.75) is 27.0 Å². The summed E-state index contributed by atoms with van der Waals surface area (Å²) in [5, 5.41) is 0.435. The molecule has 2 aromatic rings. The number of halogens is 1. The van der Waals surface area contributed by atoms with Gasteiger partial charge < -0.3 is 9.47 Å². The Bertz CT molecular complexity index is 764. The molecule has 0 saturated heterocycles. The average molecular weight is 390 g/mol. The SMILES string of the molecule is CCOC(=O)N(CC(C)C)C(OC(=O)c1cccc(Cl)c1)c1ccccc1. The monoisotopic (exact) mass is 389 g/mol. The average Bonchev–Trinajstić information content (AvgIpc) is 2.65. The van der Waals surface area contributed by atoms with E-state index in [1.165, 1.54) is 11.0 Å². The Balaban J connectivity index is 2.37. The molecule has 0 bridgehead atoms. The second-order valence-corrected chi connectivity index (χ2v) is 6.86. The molecule has 0 spiro atoms. The fraction of sp³-hybridized carbons (Fsp3) is 0.333. The van der Waals surface area contributed by atoms with E-state index in [1.807, 2.05) is 44.2 Å². The maximum atomic E-state index is 12.7. The molecule has 2 rings (SSSR count). The van der Waals surface area contributed by atoms with Crippen LogP contribution in [0.15, 0.2) is 54.6 Å². The van der Waals surface area contributed by atoms with Crippen LogP contribution in [0.2, 0.25) is 5.02 Å². The lowest BCUT2D eigenvalue weighted by Gasteiger charge is -2.32. The number of carbonyl (C=O) groups is 2. The molecule has 0 fully saturated rings. The van der Waals surface area contributed by atoms with Crippen molar-refractivity contribution in [2.24, 2.45) is 5.92 Å². The molecule has 144 valence electrons. The zero-order valence-electron chi connectivity index (χ0n) is 15.7. The summed E-state index contributed by atoms with van der Waals surface area (Å²) >= 11 is 5.97. The third-order valence-corrected chi connectivity index (χ3v) is 3.95. The van der Waals surface area contributed by atoms with Crippen molar-refractivity contribution < 1.29 is 19.1 Å². The van der Waals surface area contributed by atoms with E-state index in [2.05, 4.69) is 0 Å². The van der Waals surface area contributed by atoms with Gasteiger partial charge in [0.05, 0.1) is 12.2 Å². The van der Waals surface area contributed by atoms with E-state index >= 15 is 0 Å². The van der Waals surface area contributed by atoms with Crippen LogP contribution in [0.25, 0.3) is 0 Å². The third-order valence-electron chi connectivity index (χ3n) is 3.71. The Kier molecular flexibility index (Phi) is 7.67. The molecule has 1 unspecified atom stereocenters. The van der Waals surface area contributed by atoms with Crippen molar-refractivity contribution in [2.75, 3.05) is 13.2 Å². The highest BCUT2D eigenvalue weighted by molar-refractivity contribution is 6.30. The summed E-state index contributed by atoms with van der Waals surface area (Å²) < 4.78 is 10.9. The molecular weight excluding hydrogens is 366 g/mol. The highest BCUT2D eigenvalue weighted by Gasteiger charge is 2.30. The summed E-state index contributed by atoms with van der Waals surface area (Å²) in [5.74, 6) is -0.408. The quantitative estimate of drug-likeness (QED) is 0.475. The minimum Gasteiger partial charge on any atom is -0.450 e. The minimum absolute atomic E-state index is 0.158. The lowest BCUT2D eigenvalue weighted by molar-refractivity contribution is -0.0351. The second kappa shape index (κ2) is 9.97. The Morgan fingerprint density at radius 3 is 2.37 bits per heavy atom. The van der Waals surface area contributed by atoms with Crippen LogP contribution in [0.1, 0.15) is 42.9 Å². The van der Waals surface area contributed by atoms with Crippen LogP contribution in [-0.2, 0) is 9.47 Å². The van der Waals surface area contributed by atoms with Gasteiger partial charge in [0.15, 0.2) is 0 Å². The van der Waals surface area contributed by atoms with Crippen molar-refractivity contribution in [3.8, 4) is 0 Å². The molecule has 6 heteroatoms. The molecule has 0 aliphatic rings. The fourth-order valence-corrected chi connectivity index (χ4v) is 2.77. The predicted octanol–water partition coefficient (Wildman–Crippen LogP) is 5.31. The highest BCUT2D eigenvalue weighted by Crippen LogP contribution is 2.26. The maximum Gasteiger partial charge on any atom is 0.412 e. The van der Waals surface area contributed by atoms with Gasteiger partial charge in [-0.3, -0.25) is 4.90 Å². The summed E-state index contributed by atoms with van der Waals surface area (Å²) in [7, 11) is 0. The van der Waals surface area contributed by atoms with Crippen molar-refractivity contribution >= 4 is 23.7 Å². The van der Waals surface area contributed by atoms with Crippen molar-refractivity contribution in [1.82, 2.24) is 4.90 Å². The zero-order chi connectivity index (χ0) is 19.8. The largest absolute Gasteiger partial charge is 0.450 e. The molecule has 1 atom stereocenters. The lowest BCUT2D eigenvalue weighted by Crippen LogP contribution is -2.40. The van der Waals surface area contributed by atoms with Crippen LogP contribution >= 0.6 is 11.6 Å². The Morgan fingerprint density at radius 1 is 1.07 bits per heavy atom. The standard InChI is InChI=1S/C21H24ClNO4/c1-4-26-21(25)23(14-15(2)3)19(16-9-6-5-7-10-16)27-20(24)17-11-8-12-18(22)13-17/h5-13,15,19H,4,14H2,1-3H3. The van der Waals surface area contributed by atoms with Crippen LogP contribution in [0, 0.1) is 5.92 Å². The number of nitrogens with zero attached hydrogens (tertiary/aromatic N) is 1. The predicted molar refractivity (Wildman–Crippen MR) is 105 cm³/mol. The number of ether oxygens (including phenoxy) is 2. The van der Waals surface area contributed by atoms with E-state index in [9.17, 15) is 9.59 Å². The number of carbonyl (C=O) groups excluding carboxylic acids is 2. The van der Waals surface area contributed by atoms with Gasteiger partial charge in [-0.05, 0) is 31.0 Å². The molecule has 5 nitrogen and oxygen atoms in total. The molecule has 0 saturated carbocycles. The van der Waals surface area contributed by atoms with Crippen LogP contribution in [0.5, 0.6) is 0 Å². The first kappa shape index (κ1) is 20.8. The number of esters is 1. The van der Waals surface area contributed by atoms with Gasteiger partial charge in [-0.15, -0.1) is 0 Å². The molecule has 0 aliphatic heterocycles. The van der Waals surface area contributed by atoms with E-state index in [4.69, 9.17) is 21.1 Å². The summed E-state index contributed by atoms with van der Waals surface area (Å²) in [4.78, 5) is 26.7. The van der Waals surface area contributed by atoms with Crippen LogP contribution in [0.4, 0.5) is 4.79 Å². The summed E-state index contributed by atoms with van der Waals surface area (Å²) in [6.07, 6.45) is -1.43. The van der Waals surface area contributed by atoms with Gasteiger partial charge in [0.25, 0.3) is 0 Å². The molecule has 2 aromatic carbocycles. The highest BCUT2D eigenvalue weighted by atomic mass is 35.5. The molecule has 0 N–H and O–H groups in total. The number of amides is 1. The normalized spacial score (nSPS) is 11.7. The van der Waals surface area contributed by atoms with Gasteiger partial charge in [-0.1, -0.05) is 61.8 Å². The fourth-order valence-electron chi connectivity index (χ4n) is 2.58. The van der Waals surface area contributed by atoms with Crippen LogP contribution in [-0.4, -0.2) is 30.1 Å². The number of hydrogen-bond acceptors (Lipinski definition) is 4. The Labute approximate surface area is 164 Å². The molecule has 0 aliphatic carbocycles. The zero-order valence-corrected chi connectivity index (χ0v) is 16.5. The van der Waals surface area contributed by atoms with Gasteiger partial charge in [0, 0.05) is 17.1 Å². The first-order chi connectivity index (χ1) is 12.9. The summed E-state index contributed by atoms with van der Waals surface area (Å²) in [6.45, 7) is 6.31. The lowest BCUT2D eigenvalue weighted by atomic mass is 10.1. The van der Waals surface area contributed by atoms with Crippen molar-refractivity contribution in [1.29, 1.82) is 0 Å². The molecule has 0 radical (unpaired) electrons. The maximum absolute atomic E-state index is 12.7. The number of rotatable bonds is 7. The molecule has 0 heterocycles. The summed E-state index contributed by atoms with van der Waals surface area (Å²) in [5.41, 5.74) is 0.998. The number of benzene rings is 2. The topological polar surface area (TPSA) is 55.8 Å². The minimum atomic E-state index is -0.904. The number of hydrogen-bond donors (Lipinski definition) is 0. The van der Waals surface area contributed by atoms with Gasteiger partial charge in [0.1, 0.15) is 0 Å². The van der Waals surface area contributed by atoms with Gasteiger partial charge >= 0.3 is 12.1 Å². The van der Waals surface area contributed by atoms with Gasteiger partial charge in [0.2, 0.25) is 6.23 Å². The molecule has 0 aromatic heterocycles. The van der Waals surface area contributed by atoms with E-state index in [0.29, 0.717) is 22.7 Å². The molecule has 1 amide bonds. The smallest absolute Gasteiger partial charge is 0.412 e. The first-order valence-corrected chi connectivity index (χ1v) is 9.25. The van der Waals surface area contributed by atoms with E-state index < -0.39 is 18.3 Å². The van der Waals surface area contributed by atoms with Gasteiger partial charge in [-0.25, -0.2) is 9.59 Å². The van der Waals surface area contributed by atoms with Crippen LogP contribution < -0.4 is 0 Å².